The largest absolute Gasteiger partial charge is 0.325 e. The summed E-state index contributed by atoms with van der Waals surface area (Å²) in [5.74, 6) is 0.0258. The maximum atomic E-state index is 12.6. The average molecular weight is 454 g/mol. The number of carbonyl (C=O) groups excluding carboxylic acids is 1. The Bertz CT molecular complexity index is 1140. The number of benzene rings is 2. The van der Waals surface area contributed by atoms with Gasteiger partial charge in [0.05, 0.1) is 10.8 Å². The average Bonchev–Trinajstić information content (AvgIpc) is 3.35. The first kappa shape index (κ1) is 21.5. The van der Waals surface area contributed by atoms with Gasteiger partial charge in [-0.25, -0.2) is 13.4 Å². The molecule has 1 saturated heterocycles. The van der Waals surface area contributed by atoms with Crippen molar-refractivity contribution in [2.45, 2.75) is 22.8 Å². The highest BCUT2D eigenvalue weighted by molar-refractivity contribution is 7.99. The summed E-state index contributed by atoms with van der Waals surface area (Å²) in [7, 11) is -3.48. The number of carbonyl (C=O) groups is 1. The van der Waals surface area contributed by atoms with Crippen LogP contribution in [0.3, 0.4) is 0 Å². The molecule has 0 atom stereocenters. The summed E-state index contributed by atoms with van der Waals surface area (Å²) < 4.78 is 26.7. The van der Waals surface area contributed by atoms with Gasteiger partial charge in [0.1, 0.15) is 4.90 Å². The predicted octanol–water partition coefficient (Wildman–Crippen LogP) is 4.26. The van der Waals surface area contributed by atoms with Crippen molar-refractivity contribution in [3.05, 3.63) is 72.9 Å². The number of thioether (sulfide) groups is 1. The first-order valence-corrected chi connectivity index (χ1v) is 12.5. The molecule has 160 valence electrons. The van der Waals surface area contributed by atoms with Crippen LogP contribution in [0.1, 0.15) is 12.8 Å². The minimum absolute atomic E-state index is 0.149. The normalized spacial score (nSPS) is 14.5. The van der Waals surface area contributed by atoms with E-state index in [0.29, 0.717) is 18.1 Å². The Labute approximate surface area is 186 Å². The van der Waals surface area contributed by atoms with Crippen molar-refractivity contribution >= 4 is 33.4 Å². The van der Waals surface area contributed by atoms with Gasteiger partial charge in [0, 0.05) is 30.5 Å². The highest BCUT2D eigenvalue weighted by Gasteiger charge is 2.27. The lowest BCUT2D eigenvalue weighted by Crippen LogP contribution is -2.27. The molecule has 3 aromatic rings. The Balaban J connectivity index is 1.38. The number of hydrogen-bond acceptors (Lipinski definition) is 5. The van der Waals surface area contributed by atoms with Gasteiger partial charge in [-0.1, -0.05) is 60.3 Å². The summed E-state index contributed by atoms with van der Waals surface area (Å²) in [6.07, 6.45) is 3.16. The lowest BCUT2D eigenvalue weighted by atomic mass is 10.0. The summed E-state index contributed by atoms with van der Waals surface area (Å²) in [6.45, 7) is 1.12. The number of nitrogens with one attached hydrogen (secondary N) is 1. The zero-order valence-corrected chi connectivity index (χ0v) is 18.5. The van der Waals surface area contributed by atoms with Crippen LogP contribution < -0.4 is 5.32 Å². The van der Waals surface area contributed by atoms with Gasteiger partial charge < -0.3 is 5.32 Å². The Hall–Kier alpha value is -2.68. The van der Waals surface area contributed by atoms with E-state index in [9.17, 15) is 13.2 Å². The van der Waals surface area contributed by atoms with Crippen LogP contribution in [0.2, 0.25) is 0 Å². The predicted molar refractivity (Wildman–Crippen MR) is 123 cm³/mol. The Morgan fingerprint density at radius 3 is 2.39 bits per heavy atom. The highest BCUT2D eigenvalue weighted by Crippen LogP contribution is 2.28. The number of rotatable bonds is 7. The SMILES string of the molecule is O=C(CSc1ccc(S(=O)(=O)N2CCCC2)cn1)Nc1ccccc1-c1ccccc1. The van der Waals surface area contributed by atoms with Crippen LogP contribution in [0.4, 0.5) is 5.69 Å². The number of nitrogens with zero attached hydrogens (tertiary/aromatic N) is 2. The van der Waals surface area contributed by atoms with Gasteiger partial charge in [0.25, 0.3) is 0 Å². The maximum Gasteiger partial charge on any atom is 0.244 e. The quantitative estimate of drug-likeness (QED) is 0.541. The van der Waals surface area contributed by atoms with Gasteiger partial charge in [-0.2, -0.15) is 4.31 Å². The summed E-state index contributed by atoms with van der Waals surface area (Å²) in [6, 6.07) is 20.8. The molecule has 1 amide bonds. The molecule has 31 heavy (non-hydrogen) atoms. The van der Waals surface area contributed by atoms with Crippen molar-refractivity contribution in [3.63, 3.8) is 0 Å². The van der Waals surface area contributed by atoms with Crippen molar-refractivity contribution in [2.24, 2.45) is 0 Å². The van der Waals surface area contributed by atoms with Gasteiger partial charge in [0.2, 0.25) is 15.9 Å². The fourth-order valence-corrected chi connectivity index (χ4v) is 5.58. The number of amides is 1. The molecule has 1 aliphatic heterocycles. The number of pyridine rings is 1. The molecule has 0 spiro atoms. The maximum absolute atomic E-state index is 12.6. The van der Waals surface area contributed by atoms with Crippen molar-refractivity contribution in [1.82, 2.24) is 9.29 Å². The zero-order chi connectivity index (χ0) is 21.7. The lowest BCUT2D eigenvalue weighted by molar-refractivity contribution is -0.113. The van der Waals surface area contributed by atoms with Gasteiger partial charge in [0.15, 0.2) is 0 Å². The number of anilines is 1. The van der Waals surface area contributed by atoms with E-state index >= 15 is 0 Å². The third-order valence-electron chi connectivity index (χ3n) is 5.05. The molecule has 0 bridgehead atoms. The van der Waals surface area contributed by atoms with E-state index in [-0.39, 0.29) is 16.6 Å². The molecule has 0 aliphatic carbocycles. The molecule has 4 rings (SSSR count). The molecule has 8 heteroatoms. The van der Waals surface area contributed by atoms with E-state index in [1.807, 2.05) is 54.6 Å². The van der Waals surface area contributed by atoms with Gasteiger partial charge in [-0.15, -0.1) is 0 Å². The van der Waals surface area contributed by atoms with Crippen LogP contribution in [-0.4, -0.2) is 42.5 Å². The Kier molecular flexibility index (Phi) is 6.70. The van der Waals surface area contributed by atoms with E-state index < -0.39 is 10.0 Å². The van der Waals surface area contributed by atoms with E-state index in [1.165, 1.54) is 22.3 Å². The second-order valence-corrected chi connectivity index (χ2v) is 10.1. The first-order chi connectivity index (χ1) is 15.0. The molecule has 2 heterocycles. The van der Waals surface area contributed by atoms with E-state index in [0.717, 1.165) is 29.7 Å². The number of hydrogen-bond donors (Lipinski definition) is 1. The second-order valence-electron chi connectivity index (χ2n) is 7.19. The molecule has 0 unspecified atom stereocenters. The van der Waals surface area contributed by atoms with Crippen molar-refractivity contribution in [1.29, 1.82) is 0 Å². The van der Waals surface area contributed by atoms with Crippen LogP contribution in [-0.2, 0) is 14.8 Å². The molecule has 2 aromatic carbocycles. The topological polar surface area (TPSA) is 79.4 Å². The minimum atomic E-state index is -3.48. The Morgan fingerprint density at radius 1 is 0.968 bits per heavy atom. The first-order valence-electron chi connectivity index (χ1n) is 10.1. The van der Waals surface area contributed by atoms with Crippen molar-refractivity contribution in [2.75, 3.05) is 24.2 Å². The molecule has 1 aliphatic rings. The molecule has 0 saturated carbocycles. The van der Waals surface area contributed by atoms with Crippen LogP contribution in [0.15, 0.2) is 82.8 Å². The summed E-state index contributed by atoms with van der Waals surface area (Å²) in [5, 5.41) is 3.57. The molecule has 1 aromatic heterocycles. The van der Waals surface area contributed by atoms with E-state index in [2.05, 4.69) is 10.3 Å². The number of para-hydroxylation sites is 1. The minimum Gasteiger partial charge on any atom is -0.325 e. The number of aromatic nitrogens is 1. The second kappa shape index (κ2) is 9.64. The molecular formula is C23H23N3O3S2. The Morgan fingerprint density at radius 2 is 1.68 bits per heavy atom. The lowest BCUT2D eigenvalue weighted by Gasteiger charge is -2.15. The molecule has 1 N–H and O–H groups in total. The van der Waals surface area contributed by atoms with Crippen LogP contribution in [0, 0.1) is 0 Å². The molecule has 6 nitrogen and oxygen atoms in total. The summed E-state index contributed by atoms with van der Waals surface area (Å²) in [5.41, 5.74) is 2.73. The highest BCUT2D eigenvalue weighted by atomic mass is 32.2. The smallest absolute Gasteiger partial charge is 0.244 e. The summed E-state index contributed by atoms with van der Waals surface area (Å²) in [4.78, 5) is 16.9. The van der Waals surface area contributed by atoms with Crippen molar-refractivity contribution < 1.29 is 13.2 Å². The number of sulfonamides is 1. The van der Waals surface area contributed by atoms with E-state index in [1.54, 1.807) is 12.1 Å². The monoisotopic (exact) mass is 453 g/mol. The van der Waals surface area contributed by atoms with Gasteiger partial charge >= 0.3 is 0 Å². The van der Waals surface area contributed by atoms with Gasteiger partial charge in [-0.3, -0.25) is 4.79 Å². The van der Waals surface area contributed by atoms with Crippen LogP contribution in [0.5, 0.6) is 0 Å². The van der Waals surface area contributed by atoms with Crippen LogP contribution >= 0.6 is 11.8 Å². The third kappa shape index (κ3) is 5.15. The third-order valence-corrected chi connectivity index (χ3v) is 7.88. The molecule has 1 fully saturated rings. The summed E-state index contributed by atoms with van der Waals surface area (Å²) >= 11 is 1.27. The van der Waals surface area contributed by atoms with Gasteiger partial charge in [-0.05, 0) is 36.6 Å². The zero-order valence-electron chi connectivity index (χ0n) is 16.9. The molecule has 0 radical (unpaired) electrons. The fraction of sp³-hybridized carbons (Fsp3) is 0.217. The fourth-order valence-electron chi connectivity index (χ4n) is 3.47. The molecular weight excluding hydrogens is 430 g/mol. The van der Waals surface area contributed by atoms with Crippen molar-refractivity contribution in [3.8, 4) is 11.1 Å². The van der Waals surface area contributed by atoms with Crippen LogP contribution in [0.25, 0.3) is 11.1 Å². The standard InChI is InChI=1S/C23H23N3O3S2/c27-22(25-21-11-5-4-10-20(21)18-8-2-1-3-9-18)17-30-23-13-12-19(16-24-23)31(28,29)26-14-6-7-15-26/h1-5,8-13,16H,6-7,14-15,17H2,(H,25,27). The van der Waals surface area contributed by atoms with E-state index in [4.69, 9.17) is 0 Å².